The summed E-state index contributed by atoms with van der Waals surface area (Å²) < 4.78 is 4.81. The first-order valence-electron chi connectivity index (χ1n) is 4.22. The molecule has 0 aliphatic heterocycles. The summed E-state index contributed by atoms with van der Waals surface area (Å²) in [6.07, 6.45) is -1.36. The lowest BCUT2D eigenvalue weighted by Gasteiger charge is -2.17. The van der Waals surface area contributed by atoms with Gasteiger partial charge < -0.3 is 20.1 Å². The maximum Gasteiger partial charge on any atom is 0.348 e. The van der Waals surface area contributed by atoms with Crippen LogP contribution in [-0.2, 0) is 9.59 Å². The molecule has 0 amide bonds. The lowest BCUT2D eigenvalue weighted by Crippen LogP contribution is -2.43. The van der Waals surface area contributed by atoms with Crippen LogP contribution in [0.1, 0.15) is 0 Å². The molecule has 0 saturated carbocycles. The monoisotopic (exact) mass is 227 g/mol. The van der Waals surface area contributed by atoms with E-state index < -0.39 is 24.1 Å². The number of pyridine rings is 1. The topological polar surface area (TPSA) is 117 Å². The number of carboxylic acid groups (broad SMARTS) is 2. The molecule has 1 heterocycles. The van der Waals surface area contributed by atoms with E-state index in [0.717, 1.165) is 0 Å². The molecule has 86 valence electrons. The molecule has 0 radical (unpaired) electrons. The van der Waals surface area contributed by atoms with Gasteiger partial charge in [-0.1, -0.05) is 0 Å². The zero-order chi connectivity index (χ0) is 12.1. The summed E-state index contributed by atoms with van der Waals surface area (Å²) in [7, 11) is 0. The highest BCUT2D eigenvalue weighted by Crippen LogP contribution is 2.11. The molecule has 0 bridgehead atoms. The Kier molecular flexibility index (Phi) is 3.78. The van der Waals surface area contributed by atoms with Crippen molar-refractivity contribution in [2.24, 2.45) is 0 Å². The Morgan fingerprint density at radius 1 is 1.31 bits per heavy atom. The summed E-state index contributed by atoms with van der Waals surface area (Å²) in [6, 6.07) is 2.89. The van der Waals surface area contributed by atoms with Gasteiger partial charge >= 0.3 is 11.9 Å². The number of carboxylic acids is 2. The van der Waals surface area contributed by atoms with Crippen molar-refractivity contribution in [3.8, 4) is 5.75 Å². The van der Waals surface area contributed by atoms with Crippen LogP contribution < -0.4 is 4.74 Å². The van der Waals surface area contributed by atoms with E-state index in [0.29, 0.717) is 0 Å². The second kappa shape index (κ2) is 5.08. The van der Waals surface area contributed by atoms with Gasteiger partial charge in [0.2, 0.25) is 6.10 Å². The Morgan fingerprint density at radius 2 is 2.00 bits per heavy atom. The third kappa shape index (κ3) is 2.92. The Labute approximate surface area is 89.9 Å². The molecule has 0 aliphatic carbocycles. The molecule has 7 nitrogen and oxygen atoms in total. The van der Waals surface area contributed by atoms with Crippen LogP contribution in [0.15, 0.2) is 24.5 Å². The highest BCUT2D eigenvalue weighted by Gasteiger charge is 2.34. The summed E-state index contributed by atoms with van der Waals surface area (Å²) in [4.78, 5) is 24.8. The minimum Gasteiger partial charge on any atom is -0.479 e. The number of aromatic nitrogens is 1. The van der Waals surface area contributed by atoms with E-state index in [1.54, 1.807) is 0 Å². The first-order valence-corrected chi connectivity index (χ1v) is 4.22. The summed E-state index contributed by atoms with van der Waals surface area (Å²) in [5.74, 6) is -3.18. The second-order valence-electron chi connectivity index (χ2n) is 2.85. The molecule has 0 aromatic carbocycles. The molecule has 0 spiro atoms. The van der Waals surface area contributed by atoms with E-state index in [1.165, 1.54) is 24.5 Å². The van der Waals surface area contributed by atoms with Gasteiger partial charge in [-0.05, 0) is 12.1 Å². The van der Waals surface area contributed by atoms with Crippen molar-refractivity contribution in [3.05, 3.63) is 24.5 Å². The van der Waals surface area contributed by atoms with Gasteiger partial charge in [-0.25, -0.2) is 9.59 Å². The number of aliphatic hydroxyl groups excluding tert-OH is 1. The molecule has 2 unspecified atom stereocenters. The maximum absolute atomic E-state index is 10.7. The fraction of sp³-hybridized carbons (Fsp3) is 0.222. The molecule has 2 atom stereocenters. The van der Waals surface area contributed by atoms with Gasteiger partial charge in [0.15, 0.2) is 6.10 Å². The summed E-state index contributed by atoms with van der Waals surface area (Å²) in [5, 5.41) is 26.2. The van der Waals surface area contributed by atoms with Crippen LogP contribution >= 0.6 is 0 Å². The van der Waals surface area contributed by atoms with Gasteiger partial charge in [-0.15, -0.1) is 0 Å². The maximum atomic E-state index is 10.7. The van der Waals surface area contributed by atoms with Gasteiger partial charge in [0, 0.05) is 6.20 Å². The van der Waals surface area contributed by atoms with E-state index in [2.05, 4.69) is 4.98 Å². The van der Waals surface area contributed by atoms with Crippen LogP contribution in [0.3, 0.4) is 0 Å². The number of rotatable bonds is 5. The Hall–Kier alpha value is -2.15. The van der Waals surface area contributed by atoms with E-state index in [-0.39, 0.29) is 5.75 Å². The molecular formula is C9H9NO6. The molecule has 0 fully saturated rings. The van der Waals surface area contributed by atoms with Gasteiger partial charge in [0.1, 0.15) is 5.75 Å². The zero-order valence-corrected chi connectivity index (χ0v) is 7.98. The highest BCUT2D eigenvalue weighted by atomic mass is 16.5. The molecule has 16 heavy (non-hydrogen) atoms. The molecule has 1 rings (SSSR count). The molecule has 0 saturated heterocycles. The number of hydrogen-bond donors (Lipinski definition) is 3. The molecule has 1 aromatic heterocycles. The summed E-state index contributed by atoms with van der Waals surface area (Å²) >= 11 is 0. The van der Waals surface area contributed by atoms with E-state index in [9.17, 15) is 9.59 Å². The molecule has 1 aromatic rings. The number of ether oxygens (including phenoxy) is 1. The minimum atomic E-state index is -2.14. The number of nitrogens with zero attached hydrogens (tertiary/aromatic N) is 1. The van der Waals surface area contributed by atoms with Crippen molar-refractivity contribution in [1.82, 2.24) is 4.98 Å². The van der Waals surface area contributed by atoms with Crippen LogP contribution in [0.25, 0.3) is 0 Å². The zero-order valence-electron chi connectivity index (χ0n) is 7.98. The normalized spacial score (nSPS) is 13.8. The number of aliphatic carboxylic acids is 2. The Bertz CT molecular complexity index is 379. The fourth-order valence-corrected chi connectivity index (χ4v) is 0.943. The number of carbonyl (C=O) groups is 2. The van der Waals surface area contributed by atoms with Crippen LogP contribution in [0, 0.1) is 0 Å². The lowest BCUT2D eigenvalue weighted by atomic mass is 10.2. The van der Waals surface area contributed by atoms with Crippen molar-refractivity contribution in [2.75, 3.05) is 0 Å². The van der Waals surface area contributed by atoms with Gasteiger partial charge in [-0.2, -0.15) is 0 Å². The van der Waals surface area contributed by atoms with Gasteiger partial charge in [0.05, 0.1) is 6.20 Å². The SMILES string of the molecule is O=C(O)C(O)C(Oc1cccnc1)C(=O)O. The summed E-state index contributed by atoms with van der Waals surface area (Å²) in [6.45, 7) is 0. The minimum absolute atomic E-state index is 0.0650. The van der Waals surface area contributed by atoms with Crippen LogP contribution in [-0.4, -0.2) is 44.5 Å². The number of hydrogen-bond acceptors (Lipinski definition) is 5. The first-order chi connectivity index (χ1) is 7.52. The van der Waals surface area contributed by atoms with Crippen molar-refractivity contribution in [2.45, 2.75) is 12.2 Å². The van der Waals surface area contributed by atoms with Crippen molar-refractivity contribution in [3.63, 3.8) is 0 Å². The van der Waals surface area contributed by atoms with Gasteiger partial charge in [0.25, 0.3) is 0 Å². The third-order valence-corrected chi connectivity index (χ3v) is 1.68. The molecule has 0 aliphatic rings. The second-order valence-corrected chi connectivity index (χ2v) is 2.85. The standard InChI is InChI=1S/C9H9NO6/c11-6(8(12)13)7(9(14)15)16-5-2-1-3-10-4-5/h1-4,6-7,11H,(H,12,13)(H,14,15). The van der Waals surface area contributed by atoms with Crippen LogP contribution in [0.4, 0.5) is 0 Å². The smallest absolute Gasteiger partial charge is 0.348 e. The average Bonchev–Trinajstić information content (AvgIpc) is 2.26. The van der Waals surface area contributed by atoms with E-state index >= 15 is 0 Å². The predicted molar refractivity (Wildman–Crippen MR) is 49.9 cm³/mol. The molecule has 3 N–H and O–H groups in total. The van der Waals surface area contributed by atoms with Crippen molar-refractivity contribution >= 4 is 11.9 Å². The Morgan fingerprint density at radius 3 is 2.44 bits per heavy atom. The summed E-state index contributed by atoms with van der Waals surface area (Å²) in [5.41, 5.74) is 0. The predicted octanol–water partition coefficient (Wildman–Crippen LogP) is -0.641. The van der Waals surface area contributed by atoms with Crippen molar-refractivity contribution < 1.29 is 29.6 Å². The fourth-order valence-electron chi connectivity index (χ4n) is 0.943. The quantitative estimate of drug-likeness (QED) is 0.612. The average molecular weight is 227 g/mol. The number of aliphatic hydroxyl groups is 1. The Balaban J connectivity index is 2.81. The molecular weight excluding hydrogens is 218 g/mol. The van der Waals surface area contributed by atoms with Crippen LogP contribution in [0.2, 0.25) is 0 Å². The lowest BCUT2D eigenvalue weighted by molar-refractivity contribution is -0.163. The van der Waals surface area contributed by atoms with E-state index in [4.69, 9.17) is 20.1 Å². The first kappa shape index (κ1) is 11.9. The molecule has 7 heteroatoms. The van der Waals surface area contributed by atoms with Crippen LogP contribution in [0.5, 0.6) is 5.75 Å². The largest absolute Gasteiger partial charge is 0.479 e. The highest BCUT2D eigenvalue weighted by molar-refractivity contribution is 5.83. The third-order valence-electron chi connectivity index (χ3n) is 1.68. The van der Waals surface area contributed by atoms with E-state index in [1.807, 2.05) is 0 Å². The van der Waals surface area contributed by atoms with Crippen molar-refractivity contribution in [1.29, 1.82) is 0 Å². The van der Waals surface area contributed by atoms with Gasteiger partial charge in [-0.3, -0.25) is 4.98 Å².